The third-order valence-corrected chi connectivity index (χ3v) is 2.68. The van der Waals surface area contributed by atoms with Crippen molar-refractivity contribution in [2.75, 3.05) is 13.7 Å². The van der Waals surface area contributed by atoms with Gasteiger partial charge in [0.15, 0.2) is 11.9 Å². The molecule has 0 aliphatic heterocycles. The zero-order chi connectivity index (χ0) is 13.0. The van der Waals surface area contributed by atoms with Crippen LogP contribution in [0, 0.1) is 0 Å². The van der Waals surface area contributed by atoms with Gasteiger partial charge >= 0.3 is 5.97 Å². The summed E-state index contributed by atoms with van der Waals surface area (Å²) in [5.74, 6) is 0.498. The summed E-state index contributed by atoms with van der Waals surface area (Å²) in [5, 5.41) is 1.03. The Balaban J connectivity index is 2.46. The molecule has 4 nitrogen and oxygen atoms in total. The normalized spacial score (nSPS) is 10.3. The summed E-state index contributed by atoms with van der Waals surface area (Å²) in [4.78, 5) is 11.6. The minimum atomic E-state index is -0.249. The highest BCUT2D eigenvalue weighted by atomic mass is 16.5. The molecular formula is C14H16NO3+. The smallest absolute Gasteiger partial charge is 0.372 e. The fourth-order valence-corrected chi connectivity index (χ4v) is 1.95. The van der Waals surface area contributed by atoms with Gasteiger partial charge in [-0.15, -0.1) is 0 Å². The van der Waals surface area contributed by atoms with Gasteiger partial charge in [0.2, 0.25) is 6.54 Å². The highest BCUT2D eigenvalue weighted by Crippen LogP contribution is 2.21. The molecule has 0 aliphatic carbocycles. The highest BCUT2D eigenvalue weighted by molar-refractivity contribution is 5.81. The number of rotatable bonds is 4. The van der Waals surface area contributed by atoms with Crippen molar-refractivity contribution in [2.45, 2.75) is 13.5 Å². The number of aromatic nitrogens is 1. The van der Waals surface area contributed by atoms with Gasteiger partial charge in [-0.25, -0.2) is 4.79 Å². The molecule has 18 heavy (non-hydrogen) atoms. The van der Waals surface area contributed by atoms with Crippen LogP contribution in [0.2, 0.25) is 0 Å². The van der Waals surface area contributed by atoms with Crippen LogP contribution in [0.3, 0.4) is 0 Å². The van der Waals surface area contributed by atoms with Crippen molar-refractivity contribution >= 4 is 16.9 Å². The van der Waals surface area contributed by atoms with Crippen molar-refractivity contribution in [1.82, 2.24) is 0 Å². The minimum Gasteiger partial charge on any atom is -0.490 e. The fraction of sp³-hybridized carbons (Fsp3) is 0.286. The van der Waals surface area contributed by atoms with Gasteiger partial charge in [-0.2, -0.15) is 4.57 Å². The van der Waals surface area contributed by atoms with Gasteiger partial charge in [0, 0.05) is 6.07 Å². The lowest BCUT2D eigenvalue weighted by Crippen LogP contribution is -2.39. The zero-order valence-corrected chi connectivity index (χ0v) is 10.6. The van der Waals surface area contributed by atoms with Crippen LogP contribution in [0.5, 0.6) is 5.75 Å². The summed E-state index contributed by atoms with van der Waals surface area (Å²) in [6, 6.07) is 9.68. The van der Waals surface area contributed by atoms with Crippen molar-refractivity contribution in [3.8, 4) is 5.75 Å². The first-order valence-electron chi connectivity index (χ1n) is 5.87. The molecule has 2 aromatic rings. The molecule has 2 rings (SSSR count). The molecule has 0 fully saturated rings. The molecule has 1 heterocycles. The minimum absolute atomic E-state index is 0.186. The van der Waals surface area contributed by atoms with E-state index in [2.05, 4.69) is 0 Å². The number of benzene rings is 1. The van der Waals surface area contributed by atoms with E-state index in [9.17, 15) is 4.79 Å². The predicted molar refractivity (Wildman–Crippen MR) is 67.3 cm³/mol. The summed E-state index contributed by atoms with van der Waals surface area (Å²) in [5.41, 5.74) is 0.899. The quantitative estimate of drug-likeness (QED) is 0.609. The molecular weight excluding hydrogens is 230 g/mol. The van der Waals surface area contributed by atoms with Crippen LogP contribution in [0.25, 0.3) is 10.9 Å². The summed E-state index contributed by atoms with van der Waals surface area (Å²) in [6.07, 6.45) is 1.85. The number of para-hydroxylation sites is 1. The maximum atomic E-state index is 11.6. The molecule has 0 unspecified atom stereocenters. The van der Waals surface area contributed by atoms with Crippen LogP contribution < -0.4 is 9.30 Å². The lowest BCUT2D eigenvalue weighted by atomic mass is 10.2. The van der Waals surface area contributed by atoms with Crippen LogP contribution in [0.4, 0.5) is 0 Å². The molecule has 94 valence electrons. The monoisotopic (exact) mass is 246 g/mol. The number of fused-ring (bicyclic) bond motifs is 1. The molecule has 0 spiro atoms. The van der Waals surface area contributed by atoms with E-state index in [0.717, 1.165) is 16.7 Å². The Morgan fingerprint density at radius 1 is 1.28 bits per heavy atom. The second-order valence-electron chi connectivity index (χ2n) is 3.84. The van der Waals surface area contributed by atoms with Gasteiger partial charge in [0.1, 0.15) is 0 Å². The van der Waals surface area contributed by atoms with Crippen molar-refractivity contribution in [3.05, 3.63) is 36.5 Å². The SMILES string of the molecule is CCOC(=O)C[n+]1cccc2cccc(OC)c21. The maximum Gasteiger partial charge on any atom is 0.372 e. The number of carbonyl (C=O) groups excluding carboxylic acids is 1. The maximum absolute atomic E-state index is 11.6. The van der Waals surface area contributed by atoms with Crippen molar-refractivity contribution in [1.29, 1.82) is 0 Å². The van der Waals surface area contributed by atoms with Crippen LogP contribution >= 0.6 is 0 Å². The Morgan fingerprint density at radius 2 is 2.06 bits per heavy atom. The van der Waals surface area contributed by atoms with Gasteiger partial charge in [-0.3, -0.25) is 0 Å². The average Bonchev–Trinajstić information content (AvgIpc) is 2.38. The Hall–Kier alpha value is -2.10. The Labute approximate surface area is 106 Å². The Bertz CT molecular complexity index is 561. The number of pyridine rings is 1. The van der Waals surface area contributed by atoms with Crippen LogP contribution in [-0.4, -0.2) is 19.7 Å². The molecule has 0 N–H and O–H groups in total. The third-order valence-electron chi connectivity index (χ3n) is 2.68. The molecule has 0 bridgehead atoms. The fourth-order valence-electron chi connectivity index (χ4n) is 1.95. The van der Waals surface area contributed by atoms with Gasteiger partial charge in [-0.05, 0) is 25.1 Å². The largest absolute Gasteiger partial charge is 0.490 e. The molecule has 0 saturated heterocycles. The van der Waals surface area contributed by atoms with Crippen molar-refractivity contribution < 1.29 is 18.8 Å². The molecule has 0 aliphatic rings. The van der Waals surface area contributed by atoms with E-state index in [0.29, 0.717) is 6.61 Å². The molecule has 4 heteroatoms. The number of ether oxygens (including phenoxy) is 2. The van der Waals surface area contributed by atoms with E-state index in [1.54, 1.807) is 14.0 Å². The molecule has 0 saturated carbocycles. The molecule has 0 atom stereocenters. The van der Waals surface area contributed by atoms with Crippen molar-refractivity contribution in [2.24, 2.45) is 0 Å². The van der Waals surface area contributed by atoms with E-state index in [-0.39, 0.29) is 12.5 Å². The summed E-state index contributed by atoms with van der Waals surface area (Å²) in [6.45, 7) is 2.37. The van der Waals surface area contributed by atoms with Gasteiger partial charge in [-0.1, -0.05) is 6.07 Å². The van der Waals surface area contributed by atoms with Crippen LogP contribution in [0.15, 0.2) is 36.5 Å². The first-order valence-corrected chi connectivity index (χ1v) is 5.87. The van der Waals surface area contributed by atoms with Gasteiger partial charge in [0.25, 0.3) is 5.52 Å². The average molecular weight is 246 g/mol. The number of hydrogen-bond acceptors (Lipinski definition) is 3. The van der Waals surface area contributed by atoms with Crippen LogP contribution in [-0.2, 0) is 16.1 Å². The second kappa shape index (κ2) is 5.49. The van der Waals surface area contributed by atoms with E-state index in [1.165, 1.54) is 0 Å². The number of nitrogens with zero attached hydrogens (tertiary/aromatic N) is 1. The first-order chi connectivity index (χ1) is 8.76. The first kappa shape index (κ1) is 12.4. The van der Waals surface area contributed by atoms with Gasteiger partial charge in [0.05, 0.1) is 19.1 Å². The Morgan fingerprint density at radius 3 is 2.78 bits per heavy atom. The lowest BCUT2D eigenvalue weighted by Gasteiger charge is -2.05. The van der Waals surface area contributed by atoms with E-state index >= 15 is 0 Å². The number of hydrogen-bond donors (Lipinski definition) is 0. The predicted octanol–water partition coefficient (Wildman–Crippen LogP) is 1.70. The lowest BCUT2D eigenvalue weighted by molar-refractivity contribution is -0.660. The Kier molecular flexibility index (Phi) is 3.77. The molecule has 0 amide bonds. The van der Waals surface area contributed by atoms with E-state index in [4.69, 9.17) is 9.47 Å². The second-order valence-corrected chi connectivity index (χ2v) is 3.84. The summed E-state index contributed by atoms with van der Waals surface area (Å²) < 4.78 is 12.1. The highest BCUT2D eigenvalue weighted by Gasteiger charge is 2.17. The number of carbonyl (C=O) groups is 1. The number of esters is 1. The number of methoxy groups -OCH3 is 1. The van der Waals surface area contributed by atoms with E-state index < -0.39 is 0 Å². The van der Waals surface area contributed by atoms with Crippen LogP contribution in [0.1, 0.15) is 6.92 Å². The molecule has 0 radical (unpaired) electrons. The van der Waals surface area contributed by atoms with Crippen molar-refractivity contribution in [3.63, 3.8) is 0 Å². The van der Waals surface area contributed by atoms with E-state index in [1.807, 2.05) is 41.1 Å². The molecule has 1 aromatic carbocycles. The zero-order valence-electron chi connectivity index (χ0n) is 10.6. The standard InChI is InChI=1S/C14H16NO3/c1-3-18-13(16)10-15-9-5-7-11-6-4-8-12(17-2)14(11)15/h4-9H,3,10H2,1-2H3/q+1. The third kappa shape index (κ3) is 2.42. The topological polar surface area (TPSA) is 39.4 Å². The molecule has 1 aromatic heterocycles. The summed E-state index contributed by atoms with van der Waals surface area (Å²) >= 11 is 0. The van der Waals surface area contributed by atoms with Gasteiger partial charge < -0.3 is 9.47 Å². The summed E-state index contributed by atoms with van der Waals surface area (Å²) in [7, 11) is 1.62.